The maximum absolute atomic E-state index is 13.6. The Morgan fingerprint density at radius 2 is 1.79 bits per heavy atom. The van der Waals surface area contributed by atoms with Crippen molar-refractivity contribution in [1.82, 2.24) is 10.6 Å². The van der Waals surface area contributed by atoms with Gasteiger partial charge in [-0.2, -0.15) is 0 Å². The third-order valence-electron chi connectivity index (χ3n) is 4.31. The van der Waals surface area contributed by atoms with Gasteiger partial charge in [0.25, 0.3) is 0 Å². The Hall–Kier alpha value is -1.63. The maximum Gasteiger partial charge on any atom is 0.191 e. The number of aliphatic imine (C=N–C) groups is 1. The molecule has 3 rings (SSSR count). The topological polar surface area (TPSA) is 36.4 Å². The number of halogens is 2. The summed E-state index contributed by atoms with van der Waals surface area (Å²) in [6.45, 7) is 1.32. The molecule has 0 amide bonds. The van der Waals surface area contributed by atoms with Crippen molar-refractivity contribution in [3.8, 4) is 0 Å². The zero-order chi connectivity index (χ0) is 16.1. The van der Waals surface area contributed by atoms with Crippen LogP contribution in [-0.4, -0.2) is 19.6 Å². The maximum atomic E-state index is 13.6. The summed E-state index contributed by atoms with van der Waals surface area (Å²) in [5.74, 6) is 1.81. The summed E-state index contributed by atoms with van der Waals surface area (Å²) in [4.78, 5) is 4.20. The number of rotatable bonds is 5. The van der Waals surface area contributed by atoms with Crippen molar-refractivity contribution in [3.05, 3.63) is 71.5 Å². The molecule has 0 aromatic heterocycles. The predicted octanol–water partition coefficient (Wildman–Crippen LogP) is 3.91. The Kier molecular flexibility index (Phi) is 7.02. The van der Waals surface area contributed by atoms with Gasteiger partial charge in [0, 0.05) is 25.7 Å². The largest absolute Gasteiger partial charge is 0.356 e. The molecule has 2 atom stereocenters. The van der Waals surface area contributed by atoms with Gasteiger partial charge in [0.1, 0.15) is 5.82 Å². The second-order valence-corrected chi connectivity index (χ2v) is 5.91. The molecule has 0 heterocycles. The van der Waals surface area contributed by atoms with Crippen LogP contribution in [0.25, 0.3) is 0 Å². The summed E-state index contributed by atoms with van der Waals surface area (Å²) in [7, 11) is 1.73. The van der Waals surface area contributed by atoms with E-state index in [1.165, 1.54) is 18.1 Å². The molecule has 128 valence electrons. The Labute approximate surface area is 159 Å². The van der Waals surface area contributed by atoms with E-state index in [0.29, 0.717) is 29.9 Å². The first-order valence-electron chi connectivity index (χ1n) is 8.01. The van der Waals surface area contributed by atoms with E-state index >= 15 is 0 Å². The van der Waals surface area contributed by atoms with E-state index in [4.69, 9.17) is 0 Å². The van der Waals surface area contributed by atoms with Gasteiger partial charge in [-0.3, -0.25) is 4.99 Å². The molecule has 3 nitrogen and oxygen atoms in total. The van der Waals surface area contributed by atoms with Gasteiger partial charge in [-0.1, -0.05) is 48.5 Å². The number of hydrogen-bond donors (Lipinski definition) is 2. The number of guanidine groups is 1. The van der Waals surface area contributed by atoms with Gasteiger partial charge in [-0.15, -0.1) is 24.0 Å². The van der Waals surface area contributed by atoms with E-state index < -0.39 is 0 Å². The van der Waals surface area contributed by atoms with E-state index in [2.05, 4.69) is 39.9 Å². The van der Waals surface area contributed by atoms with Crippen LogP contribution in [0.4, 0.5) is 4.39 Å². The molecule has 5 heteroatoms. The summed E-state index contributed by atoms with van der Waals surface area (Å²) in [5, 5.41) is 6.50. The zero-order valence-electron chi connectivity index (χ0n) is 13.7. The molecule has 2 aromatic rings. The van der Waals surface area contributed by atoms with Crippen molar-refractivity contribution in [1.29, 1.82) is 0 Å². The lowest BCUT2D eigenvalue weighted by Gasteiger charge is -2.12. The highest BCUT2D eigenvalue weighted by atomic mass is 127. The minimum atomic E-state index is -0.193. The highest BCUT2D eigenvalue weighted by Gasteiger charge is 2.37. The van der Waals surface area contributed by atoms with Crippen molar-refractivity contribution in [3.63, 3.8) is 0 Å². The Morgan fingerprint density at radius 3 is 2.50 bits per heavy atom. The lowest BCUT2D eigenvalue weighted by atomic mass is 10.1. The monoisotopic (exact) mass is 439 g/mol. The van der Waals surface area contributed by atoms with Crippen LogP contribution >= 0.6 is 24.0 Å². The zero-order valence-corrected chi connectivity index (χ0v) is 16.0. The average molecular weight is 439 g/mol. The van der Waals surface area contributed by atoms with Gasteiger partial charge in [-0.05, 0) is 29.9 Å². The van der Waals surface area contributed by atoms with Crippen molar-refractivity contribution in [2.24, 2.45) is 10.9 Å². The SMILES string of the molecule is CN=C(NCc1ccccc1F)NCC1CC1c1ccccc1.I. The van der Waals surface area contributed by atoms with Gasteiger partial charge in [-0.25, -0.2) is 4.39 Å². The average Bonchev–Trinajstić information content (AvgIpc) is 3.37. The van der Waals surface area contributed by atoms with Crippen molar-refractivity contribution < 1.29 is 4.39 Å². The molecule has 0 radical (unpaired) electrons. The Bertz CT molecular complexity index is 675. The number of nitrogens with zero attached hydrogens (tertiary/aromatic N) is 1. The van der Waals surface area contributed by atoms with Gasteiger partial charge < -0.3 is 10.6 Å². The molecule has 0 saturated heterocycles. The van der Waals surface area contributed by atoms with Crippen LogP contribution in [-0.2, 0) is 6.54 Å². The summed E-state index contributed by atoms with van der Waals surface area (Å²) < 4.78 is 13.6. The van der Waals surface area contributed by atoms with Crippen LogP contribution in [0.1, 0.15) is 23.5 Å². The molecule has 1 aliphatic rings. The molecule has 1 aliphatic carbocycles. The van der Waals surface area contributed by atoms with Crippen LogP contribution in [0, 0.1) is 11.7 Å². The van der Waals surface area contributed by atoms with Gasteiger partial charge in [0.05, 0.1) is 0 Å². The van der Waals surface area contributed by atoms with E-state index in [0.717, 1.165) is 6.54 Å². The Morgan fingerprint density at radius 1 is 1.08 bits per heavy atom. The van der Waals surface area contributed by atoms with Crippen molar-refractivity contribution in [2.75, 3.05) is 13.6 Å². The molecule has 0 spiro atoms. The van der Waals surface area contributed by atoms with E-state index in [1.807, 2.05) is 12.1 Å². The molecular weight excluding hydrogens is 416 g/mol. The van der Waals surface area contributed by atoms with Crippen molar-refractivity contribution in [2.45, 2.75) is 18.9 Å². The molecule has 2 aromatic carbocycles. The van der Waals surface area contributed by atoms with Crippen LogP contribution in [0.15, 0.2) is 59.6 Å². The standard InChI is InChI=1S/C19H22FN3.HI/c1-21-19(22-12-15-9-5-6-10-18(15)20)23-13-16-11-17(16)14-7-3-2-4-8-14;/h2-10,16-17H,11-13H2,1H3,(H2,21,22,23);1H. The lowest BCUT2D eigenvalue weighted by molar-refractivity contribution is 0.604. The summed E-state index contributed by atoms with van der Waals surface area (Å²) in [6, 6.07) is 17.4. The third kappa shape index (κ3) is 4.93. The molecule has 1 fully saturated rings. The normalized spacial score (nSPS) is 19.3. The molecular formula is C19H23FIN3. The summed E-state index contributed by atoms with van der Waals surface area (Å²) >= 11 is 0. The number of nitrogens with one attached hydrogen (secondary N) is 2. The minimum absolute atomic E-state index is 0. The quantitative estimate of drug-likeness (QED) is 0.421. The molecule has 24 heavy (non-hydrogen) atoms. The van der Waals surface area contributed by atoms with Gasteiger partial charge in [0.15, 0.2) is 5.96 Å². The Balaban J connectivity index is 0.00000208. The predicted molar refractivity (Wildman–Crippen MR) is 107 cm³/mol. The van der Waals surface area contributed by atoms with Crippen LogP contribution in [0.2, 0.25) is 0 Å². The van der Waals surface area contributed by atoms with E-state index in [-0.39, 0.29) is 29.8 Å². The molecule has 2 unspecified atom stereocenters. The highest BCUT2D eigenvalue weighted by Crippen LogP contribution is 2.46. The first-order valence-corrected chi connectivity index (χ1v) is 8.01. The van der Waals surface area contributed by atoms with Crippen molar-refractivity contribution >= 4 is 29.9 Å². The molecule has 0 aliphatic heterocycles. The lowest BCUT2D eigenvalue weighted by Crippen LogP contribution is -2.38. The highest BCUT2D eigenvalue weighted by molar-refractivity contribution is 14.0. The van der Waals surface area contributed by atoms with Crippen LogP contribution < -0.4 is 10.6 Å². The summed E-state index contributed by atoms with van der Waals surface area (Å²) in [5.41, 5.74) is 2.05. The molecule has 0 bridgehead atoms. The smallest absolute Gasteiger partial charge is 0.191 e. The first kappa shape index (κ1) is 18.7. The first-order chi connectivity index (χ1) is 11.3. The van der Waals surface area contributed by atoms with E-state index in [9.17, 15) is 4.39 Å². The van der Waals surface area contributed by atoms with Crippen LogP contribution in [0.3, 0.4) is 0 Å². The minimum Gasteiger partial charge on any atom is -0.356 e. The molecule has 1 saturated carbocycles. The fraction of sp³-hybridized carbons (Fsp3) is 0.316. The van der Waals surface area contributed by atoms with Gasteiger partial charge in [0.2, 0.25) is 0 Å². The number of hydrogen-bond acceptors (Lipinski definition) is 1. The van der Waals surface area contributed by atoms with Gasteiger partial charge >= 0.3 is 0 Å². The summed E-state index contributed by atoms with van der Waals surface area (Å²) in [6.07, 6.45) is 1.21. The second kappa shape index (κ2) is 9.01. The molecule has 2 N–H and O–H groups in total. The van der Waals surface area contributed by atoms with Crippen LogP contribution in [0.5, 0.6) is 0 Å². The second-order valence-electron chi connectivity index (χ2n) is 5.91. The number of benzene rings is 2. The fourth-order valence-corrected chi connectivity index (χ4v) is 2.85. The van der Waals surface area contributed by atoms with E-state index in [1.54, 1.807) is 19.2 Å². The third-order valence-corrected chi connectivity index (χ3v) is 4.31. The fourth-order valence-electron chi connectivity index (χ4n) is 2.85.